The third kappa shape index (κ3) is 4.68. The van der Waals surface area contributed by atoms with E-state index in [2.05, 4.69) is 58.9 Å². The van der Waals surface area contributed by atoms with Crippen molar-refractivity contribution >= 4 is 11.6 Å². The summed E-state index contributed by atoms with van der Waals surface area (Å²) in [6.45, 7) is 7.68. The summed E-state index contributed by atoms with van der Waals surface area (Å²) >= 11 is 0. The number of benzene rings is 2. The maximum atomic E-state index is 11.1. The molecule has 2 aromatic rings. The number of carbonyl (C=O) groups excluding carboxylic acids is 1. The number of piperazine rings is 1. The van der Waals surface area contributed by atoms with Gasteiger partial charge in [-0.2, -0.15) is 0 Å². The van der Waals surface area contributed by atoms with E-state index >= 15 is 0 Å². The normalized spacial score (nSPS) is 18.1. The van der Waals surface area contributed by atoms with Gasteiger partial charge in [0, 0.05) is 44.8 Å². The zero-order valence-electron chi connectivity index (χ0n) is 15.1. The molecule has 4 nitrogen and oxygen atoms in total. The summed E-state index contributed by atoms with van der Waals surface area (Å²) in [6.07, 6.45) is 1.08. The first-order valence-electron chi connectivity index (χ1n) is 9.06. The molecule has 25 heavy (non-hydrogen) atoms. The molecular weight excluding hydrogens is 310 g/mol. The molecule has 1 aliphatic rings. The number of hydrogen-bond donors (Lipinski definition) is 2. The molecule has 0 aliphatic carbocycles. The van der Waals surface area contributed by atoms with E-state index in [9.17, 15) is 4.79 Å². The first-order chi connectivity index (χ1) is 12.2. The molecule has 0 bridgehead atoms. The van der Waals surface area contributed by atoms with E-state index in [1.807, 2.05) is 12.1 Å². The zero-order chi connectivity index (χ0) is 17.6. The molecule has 0 aromatic heterocycles. The summed E-state index contributed by atoms with van der Waals surface area (Å²) in [5, 5.41) is 6.34. The molecule has 132 valence electrons. The lowest BCUT2D eigenvalue weighted by atomic mass is 10.00. The van der Waals surface area contributed by atoms with Gasteiger partial charge in [0.15, 0.2) is 0 Å². The van der Waals surface area contributed by atoms with Gasteiger partial charge in [0.05, 0.1) is 0 Å². The van der Waals surface area contributed by atoms with Crippen LogP contribution in [0.3, 0.4) is 0 Å². The van der Waals surface area contributed by atoms with Crippen molar-refractivity contribution in [1.82, 2.24) is 10.2 Å². The minimum atomic E-state index is -0.0366. The van der Waals surface area contributed by atoms with Crippen LogP contribution in [0.25, 0.3) is 0 Å². The smallest absolute Gasteiger partial charge is 0.221 e. The van der Waals surface area contributed by atoms with Gasteiger partial charge < -0.3 is 10.6 Å². The lowest BCUT2D eigenvalue weighted by molar-refractivity contribution is -0.114. The Morgan fingerprint density at radius 2 is 1.80 bits per heavy atom. The van der Waals surface area contributed by atoms with Crippen molar-refractivity contribution in [3.63, 3.8) is 0 Å². The quantitative estimate of drug-likeness (QED) is 0.879. The number of carbonyl (C=O) groups is 1. The van der Waals surface area contributed by atoms with Crippen LogP contribution in [0.4, 0.5) is 5.69 Å². The van der Waals surface area contributed by atoms with Crippen molar-refractivity contribution in [2.75, 3.05) is 25.0 Å². The van der Waals surface area contributed by atoms with Gasteiger partial charge in [-0.1, -0.05) is 43.3 Å². The van der Waals surface area contributed by atoms with Crippen molar-refractivity contribution in [1.29, 1.82) is 0 Å². The summed E-state index contributed by atoms with van der Waals surface area (Å²) in [7, 11) is 0. The van der Waals surface area contributed by atoms with Crippen LogP contribution in [0.2, 0.25) is 0 Å². The Kier molecular flexibility index (Phi) is 5.84. The Hall–Kier alpha value is -2.17. The van der Waals surface area contributed by atoms with E-state index in [0.29, 0.717) is 6.04 Å². The average molecular weight is 337 g/mol. The summed E-state index contributed by atoms with van der Waals surface area (Å²) in [4.78, 5) is 13.7. The predicted molar refractivity (Wildman–Crippen MR) is 103 cm³/mol. The number of rotatable bonds is 5. The van der Waals surface area contributed by atoms with Crippen LogP contribution in [0.1, 0.15) is 36.6 Å². The molecule has 4 heteroatoms. The number of nitrogens with one attached hydrogen (secondary N) is 2. The third-order valence-corrected chi connectivity index (χ3v) is 4.79. The monoisotopic (exact) mass is 337 g/mol. The lowest BCUT2D eigenvalue weighted by Crippen LogP contribution is -2.45. The van der Waals surface area contributed by atoms with Crippen LogP contribution >= 0.6 is 0 Å². The molecule has 2 N–H and O–H groups in total. The van der Waals surface area contributed by atoms with Crippen molar-refractivity contribution in [2.24, 2.45) is 0 Å². The molecule has 1 aliphatic heterocycles. The van der Waals surface area contributed by atoms with Gasteiger partial charge in [-0.3, -0.25) is 9.69 Å². The average Bonchev–Trinajstić information content (AvgIpc) is 2.63. The number of amides is 1. The maximum Gasteiger partial charge on any atom is 0.221 e. The molecule has 1 amide bonds. The molecule has 1 fully saturated rings. The van der Waals surface area contributed by atoms with E-state index in [1.165, 1.54) is 23.6 Å². The van der Waals surface area contributed by atoms with Gasteiger partial charge in [-0.25, -0.2) is 0 Å². The first-order valence-corrected chi connectivity index (χ1v) is 9.06. The van der Waals surface area contributed by atoms with Crippen LogP contribution in [-0.4, -0.2) is 30.4 Å². The SMILES string of the molecule is CCc1ccc(C2CNCCN2Cc2ccc(NC(C)=O)cc2)cc1. The zero-order valence-corrected chi connectivity index (χ0v) is 15.1. The van der Waals surface area contributed by atoms with E-state index in [1.54, 1.807) is 0 Å². The second-order valence-electron chi connectivity index (χ2n) is 6.66. The lowest BCUT2D eigenvalue weighted by Gasteiger charge is -2.36. The number of hydrogen-bond acceptors (Lipinski definition) is 3. The number of anilines is 1. The van der Waals surface area contributed by atoms with Crippen molar-refractivity contribution in [3.05, 3.63) is 65.2 Å². The molecule has 1 heterocycles. The Morgan fingerprint density at radius 3 is 2.44 bits per heavy atom. The van der Waals surface area contributed by atoms with Gasteiger partial charge in [0.1, 0.15) is 0 Å². The maximum absolute atomic E-state index is 11.1. The molecule has 2 aromatic carbocycles. The topological polar surface area (TPSA) is 44.4 Å². The Balaban J connectivity index is 1.71. The Labute approximate surface area is 150 Å². The van der Waals surface area contributed by atoms with Crippen molar-refractivity contribution in [2.45, 2.75) is 32.9 Å². The molecule has 0 spiro atoms. The third-order valence-electron chi connectivity index (χ3n) is 4.79. The van der Waals surface area contributed by atoms with Crippen molar-refractivity contribution < 1.29 is 4.79 Å². The summed E-state index contributed by atoms with van der Waals surface area (Å²) in [5.41, 5.74) is 4.88. The fourth-order valence-corrected chi connectivity index (χ4v) is 3.37. The minimum Gasteiger partial charge on any atom is -0.326 e. The van der Waals surface area contributed by atoms with Crippen LogP contribution < -0.4 is 10.6 Å². The highest BCUT2D eigenvalue weighted by Gasteiger charge is 2.23. The second-order valence-corrected chi connectivity index (χ2v) is 6.66. The highest BCUT2D eigenvalue weighted by Crippen LogP contribution is 2.25. The summed E-state index contributed by atoms with van der Waals surface area (Å²) in [6, 6.07) is 17.6. The minimum absolute atomic E-state index is 0.0366. The largest absolute Gasteiger partial charge is 0.326 e. The van der Waals surface area contributed by atoms with Crippen molar-refractivity contribution in [3.8, 4) is 0 Å². The molecule has 0 saturated carbocycles. The second kappa shape index (κ2) is 8.28. The summed E-state index contributed by atoms with van der Waals surface area (Å²) in [5.74, 6) is -0.0366. The molecule has 1 unspecified atom stereocenters. The molecular formula is C21H27N3O. The highest BCUT2D eigenvalue weighted by atomic mass is 16.1. The fraction of sp³-hybridized carbons (Fsp3) is 0.381. The first kappa shape index (κ1) is 17.6. The predicted octanol–water partition coefficient (Wildman–Crippen LogP) is 3.35. The van der Waals surface area contributed by atoms with Crippen LogP contribution in [0.5, 0.6) is 0 Å². The van der Waals surface area contributed by atoms with Gasteiger partial charge in [0.2, 0.25) is 5.91 Å². The standard InChI is InChI=1S/C21H27N3O/c1-3-17-4-8-19(9-5-17)21-14-22-12-13-24(21)15-18-6-10-20(11-7-18)23-16(2)25/h4-11,21-22H,3,12-15H2,1-2H3,(H,23,25). The molecule has 1 atom stereocenters. The molecule has 3 rings (SSSR count). The van der Waals surface area contributed by atoms with E-state index in [-0.39, 0.29) is 5.91 Å². The number of aryl methyl sites for hydroxylation is 1. The summed E-state index contributed by atoms with van der Waals surface area (Å²) < 4.78 is 0. The highest BCUT2D eigenvalue weighted by molar-refractivity contribution is 5.88. The number of nitrogens with zero attached hydrogens (tertiary/aromatic N) is 1. The Bertz CT molecular complexity index is 694. The molecule has 0 radical (unpaired) electrons. The Morgan fingerprint density at radius 1 is 1.12 bits per heavy atom. The van der Waals surface area contributed by atoms with Crippen LogP contribution in [-0.2, 0) is 17.8 Å². The van der Waals surface area contributed by atoms with Crippen LogP contribution in [0, 0.1) is 0 Å². The fourth-order valence-electron chi connectivity index (χ4n) is 3.37. The van der Waals surface area contributed by atoms with Gasteiger partial charge in [-0.05, 0) is 35.2 Å². The van der Waals surface area contributed by atoms with E-state index in [0.717, 1.165) is 38.3 Å². The van der Waals surface area contributed by atoms with E-state index < -0.39 is 0 Å². The van der Waals surface area contributed by atoms with Gasteiger partial charge in [0.25, 0.3) is 0 Å². The van der Waals surface area contributed by atoms with E-state index in [4.69, 9.17) is 0 Å². The van der Waals surface area contributed by atoms with Gasteiger partial charge >= 0.3 is 0 Å². The van der Waals surface area contributed by atoms with Crippen LogP contribution in [0.15, 0.2) is 48.5 Å². The molecule has 1 saturated heterocycles. The van der Waals surface area contributed by atoms with Gasteiger partial charge in [-0.15, -0.1) is 0 Å².